The number of nitro benzene ring substituents is 1. The molecule has 0 aliphatic heterocycles. The van der Waals surface area contributed by atoms with Crippen LogP contribution in [0.5, 0.6) is 0 Å². The van der Waals surface area contributed by atoms with E-state index in [0.29, 0.717) is 34.4 Å². The van der Waals surface area contributed by atoms with Crippen LogP contribution in [0.1, 0.15) is 28.6 Å². The fourth-order valence-corrected chi connectivity index (χ4v) is 6.63. The standard InChI is InChI=1S/C30H27N5O4S2/c36-35(37)27-18-16-26(17-19-27)34-29(31-32-30(34)40-21-24-12-6-2-7-13-24)28(20-23-10-4-1-5-11-23)33-41(38,39)22-25-14-8-3-9-15-25/h1-19,28,33H,20-22H2. The molecule has 5 rings (SSSR count). The van der Waals surface area contributed by atoms with Gasteiger partial charge in [-0.3, -0.25) is 14.7 Å². The Morgan fingerprint density at radius 2 is 1.34 bits per heavy atom. The van der Waals surface area contributed by atoms with Crippen LogP contribution in [-0.2, 0) is 27.9 Å². The molecule has 0 saturated heterocycles. The van der Waals surface area contributed by atoms with Gasteiger partial charge in [-0.15, -0.1) is 10.2 Å². The van der Waals surface area contributed by atoms with Crippen LogP contribution in [0.2, 0.25) is 0 Å². The Hall–Kier alpha value is -4.32. The topological polar surface area (TPSA) is 120 Å². The zero-order valence-corrected chi connectivity index (χ0v) is 23.5. The Labute approximate surface area is 242 Å². The molecule has 11 heteroatoms. The second kappa shape index (κ2) is 12.9. The maximum Gasteiger partial charge on any atom is 0.269 e. The fraction of sp³-hybridized carbons (Fsp3) is 0.133. The predicted molar refractivity (Wildman–Crippen MR) is 159 cm³/mol. The highest BCUT2D eigenvalue weighted by Gasteiger charge is 2.28. The second-order valence-corrected chi connectivity index (χ2v) is 12.0. The van der Waals surface area contributed by atoms with Gasteiger partial charge in [0.1, 0.15) is 0 Å². The summed E-state index contributed by atoms with van der Waals surface area (Å²) in [6.07, 6.45) is 0.323. The minimum atomic E-state index is -3.79. The molecule has 1 aromatic heterocycles. The molecule has 41 heavy (non-hydrogen) atoms. The molecule has 1 N–H and O–H groups in total. The molecule has 0 saturated carbocycles. The van der Waals surface area contributed by atoms with Crippen molar-refractivity contribution in [3.63, 3.8) is 0 Å². The third-order valence-electron chi connectivity index (χ3n) is 6.30. The highest BCUT2D eigenvalue weighted by atomic mass is 32.2. The number of benzene rings is 4. The Bertz CT molecular complexity index is 1700. The Balaban J connectivity index is 1.55. The largest absolute Gasteiger partial charge is 0.273 e. The average Bonchev–Trinajstić information content (AvgIpc) is 3.41. The van der Waals surface area contributed by atoms with Crippen molar-refractivity contribution < 1.29 is 13.3 Å². The Morgan fingerprint density at radius 1 is 0.780 bits per heavy atom. The maximum atomic E-state index is 13.4. The number of hydrogen-bond acceptors (Lipinski definition) is 7. The van der Waals surface area contributed by atoms with Gasteiger partial charge in [-0.2, -0.15) is 0 Å². The molecule has 5 aromatic rings. The van der Waals surface area contributed by atoms with Crippen LogP contribution in [0, 0.1) is 10.1 Å². The van der Waals surface area contributed by atoms with E-state index in [0.717, 1.165) is 11.1 Å². The molecular formula is C30H27N5O4S2. The van der Waals surface area contributed by atoms with Gasteiger partial charge < -0.3 is 0 Å². The van der Waals surface area contributed by atoms with E-state index < -0.39 is 21.0 Å². The maximum absolute atomic E-state index is 13.4. The molecule has 208 valence electrons. The third kappa shape index (κ3) is 7.46. The summed E-state index contributed by atoms with van der Waals surface area (Å²) in [6, 6.07) is 33.7. The number of nitro groups is 1. The Kier molecular flexibility index (Phi) is 8.88. The van der Waals surface area contributed by atoms with E-state index >= 15 is 0 Å². The highest BCUT2D eigenvalue weighted by Crippen LogP contribution is 2.30. The van der Waals surface area contributed by atoms with Crippen LogP contribution in [0.4, 0.5) is 5.69 Å². The number of nitrogens with one attached hydrogen (secondary N) is 1. The lowest BCUT2D eigenvalue weighted by Crippen LogP contribution is -2.33. The summed E-state index contributed by atoms with van der Waals surface area (Å²) in [6.45, 7) is 0. The van der Waals surface area contributed by atoms with Crippen molar-refractivity contribution in [3.8, 4) is 5.69 Å². The first-order chi connectivity index (χ1) is 19.9. The summed E-state index contributed by atoms with van der Waals surface area (Å²) in [5.74, 6) is 0.796. The molecule has 0 fully saturated rings. The van der Waals surface area contributed by atoms with Crippen LogP contribution >= 0.6 is 11.8 Å². The number of sulfonamides is 1. The number of thioether (sulfide) groups is 1. The van der Waals surface area contributed by atoms with E-state index in [1.807, 2.05) is 66.7 Å². The number of non-ortho nitro benzene ring substituents is 1. The van der Waals surface area contributed by atoms with E-state index in [1.165, 1.54) is 23.9 Å². The first-order valence-corrected chi connectivity index (χ1v) is 15.5. The summed E-state index contributed by atoms with van der Waals surface area (Å²) in [7, 11) is -3.79. The first kappa shape index (κ1) is 28.2. The zero-order chi connectivity index (χ0) is 28.7. The van der Waals surface area contributed by atoms with Crippen molar-refractivity contribution in [1.29, 1.82) is 0 Å². The lowest BCUT2D eigenvalue weighted by molar-refractivity contribution is -0.384. The van der Waals surface area contributed by atoms with Crippen molar-refractivity contribution in [1.82, 2.24) is 19.5 Å². The molecule has 0 radical (unpaired) electrons. The average molecular weight is 586 g/mol. The van der Waals surface area contributed by atoms with Crippen molar-refractivity contribution >= 4 is 27.5 Å². The van der Waals surface area contributed by atoms with E-state index in [4.69, 9.17) is 0 Å². The summed E-state index contributed by atoms with van der Waals surface area (Å²) in [4.78, 5) is 10.8. The van der Waals surface area contributed by atoms with E-state index in [1.54, 1.807) is 41.0 Å². The summed E-state index contributed by atoms with van der Waals surface area (Å²) in [5.41, 5.74) is 3.20. The monoisotopic (exact) mass is 585 g/mol. The minimum Gasteiger partial charge on any atom is -0.273 e. The molecule has 4 aromatic carbocycles. The van der Waals surface area contributed by atoms with Gasteiger partial charge in [-0.25, -0.2) is 13.1 Å². The minimum absolute atomic E-state index is 0.0498. The SMILES string of the molecule is O=[N+]([O-])c1ccc(-n2c(SCc3ccccc3)nnc2C(Cc2ccccc2)NS(=O)(=O)Cc2ccccc2)cc1. The van der Waals surface area contributed by atoms with Gasteiger partial charge in [0.2, 0.25) is 10.0 Å². The number of hydrogen-bond donors (Lipinski definition) is 1. The van der Waals surface area contributed by atoms with E-state index in [2.05, 4.69) is 14.9 Å². The smallest absolute Gasteiger partial charge is 0.269 e. The van der Waals surface area contributed by atoms with Crippen molar-refractivity contribution in [2.45, 2.75) is 29.1 Å². The summed E-state index contributed by atoms with van der Waals surface area (Å²) >= 11 is 1.45. The van der Waals surface area contributed by atoms with Gasteiger partial charge in [0.25, 0.3) is 5.69 Å². The molecule has 0 amide bonds. The fourth-order valence-electron chi connectivity index (χ4n) is 4.38. The molecular weight excluding hydrogens is 558 g/mol. The molecule has 0 spiro atoms. The lowest BCUT2D eigenvalue weighted by Gasteiger charge is -2.20. The van der Waals surface area contributed by atoms with E-state index in [9.17, 15) is 18.5 Å². The zero-order valence-electron chi connectivity index (χ0n) is 21.9. The third-order valence-corrected chi connectivity index (χ3v) is 8.66. The van der Waals surface area contributed by atoms with Crippen LogP contribution < -0.4 is 4.72 Å². The highest BCUT2D eigenvalue weighted by molar-refractivity contribution is 7.98. The van der Waals surface area contributed by atoms with Crippen molar-refractivity contribution in [2.75, 3.05) is 0 Å². The quantitative estimate of drug-likeness (QED) is 0.110. The van der Waals surface area contributed by atoms with Crippen LogP contribution in [0.3, 0.4) is 0 Å². The van der Waals surface area contributed by atoms with Gasteiger partial charge in [-0.05, 0) is 35.2 Å². The van der Waals surface area contributed by atoms with Crippen LogP contribution in [-0.4, -0.2) is 28.1 Å². The normalized spacial score (nSPS) is 12.2. The second-order valence-electron chi connectivity index (χ2n) is 9.33. The molecule has 9 nitrogen and oxygen atoms in total. The predicted octanol–water partition coefficient (Wildman–Crippen LogP) is 5.87. The lowest BCUT2D eigenvalue weighted by atomic mass is 10.1. The van der Waals surface area contributed by atoms with E-state index in [-0.39, 0.29) is 11.4 Å². The summed E-state index contributed by atoms with van der Waals surface area (Å²) < 4.78 is 31.5. The summed E-state index contributed by atoms with van der Waals surface area (Å²) in [5, 5.41) is 20.8. The van der Waals surface area contributed by atoms with Gasteiger partial charge >= 0.3 is 0 Å². The molecule has 0 bridgehead atoms. The molecule has 1 unspecified atom stereocenters. The van der Waals surface area contributed by atoms with Crippen LogP contribution in [0.25, 0.3) is 5.69 Å². The number of nitrogens with zero attached hydrogens (tertiary/aromatic N) is 4. The van der Waals surface area contributed by atoms with Crippen molar-refractivity contribution in [2.24, 2.45) is 0 Å². The van der Waals surface area contributed by atoms with Gasteiger partial charge in [0, 0.05) is 23.6 Å². The first-order valence-electron chi connectivity index (χ1n) is 12.8. The van der Waals surface area contributed by atoms with Gasteiger partial charge in [-0.1, -0.05) is 103 Å². The number of aromatic nitrogens is 3. The molecule has 1 heterocycles. The Morgan fingerprint density at radius 3 is 1.93 bits per heavy atom. The van der Waals surface area contributed by atoms with Gasteiger partial charge in [0.15, 0.2) is 11.0 Å². The molecule has 0 aliphatic rings. The van der Waals surface area contributed by atoms with Crippen molar-refractivity contribution in [3.05, 3.63) is 148 Å². The molecule has 1 atom stereocenters. The number of rotatable bonds is 12. The molecule has 0 aliphatic carbocycles. The van der Waals surface area contributed by atoms with Gasteiger partial charge in [0.05, 0.1) is 16.7 Å². The van der Waals surface area contributed by atoms with Crippen LogP contribution in [0.15, 0.2) is 120 Å².